The summed E-state index contributed by atoms with van der Waals surface area (Å²) in [6.45, 7) is 3.77. The smallest absolute Gasteiger partial charge is 0.356 e. The Bertz CT molecular complexity index is 1480. The Hall–Kier alpha value is -3.56. The predicted octanol–water partition coefficient (Wildman–Crippen LogP) is 6.06. The van der Waals surface area contributed by atoms with Gasteiger partial charge in [0, 0.05) is 18.7 Å². The van der Waals surface area contributed by atoms with Crippen LogP contribution in [0.4, 0.5) is 19.0 Å². The van der Waals surface area contributed by atoms with Crippen molar-refractivity contribution in [3.63, 3.8) is 0 Å². The number of pyridine rings is 2. The Labute approximate surface area is 231 Å². The molecule has 2 aliphatic rings. The van der Waals surface area contributed by atoms with Gasteiger partial charge in [0.1, 0.15) is 5.82 Å². The minimum absolute atomic E-state index is 0.0604. The van der Waals surface area contributed by atoms with E-state index in [0.29, 0.717) is 17.3 Å². The van der Waals surface area contributed by atoms with Gasteiger partial charge in [0.05, 0.1) is 22.7 Å². The first kappa shape index (κ1) is 29.4. The number of alkyl halides is 3. The number of hydrogen-bond donors (Lipinski definition) is 0. The van der Waals surface area contributed by atoms with E-state index >= 15 is 0 Å². The predicted molar refractivity (Wildman–Crippen MR) is 142 cm³/mol. The third-order valence-electron chi connectivity index (χ3n) is 7.37. The van der Waals surface area contributed by atoms with E-state index in [4.69, 9.17) is 9.59 Å². The summed E-state index contributed by atoms with van der Waals surface area (Å²) >= 11 is 0. The van der Waals surface area contributed by atoms with Crippen molar-refractivity contribution in [3.8, 4) is 11.3 Å². The summed E-state index contributed by atoms with van der Waals surface area (Å²) in [6, 6.07) is 14.0. The van der Waals surface area contributed by atoms with Gasteiger partial charge in [-0.3, -0.25) is 4.98 Å². The van der Waals surface area contributed by atoms with Gasteiger partial charge in [0.15, 0.2) is 5.03 Å². The molecule has 0 unspecified atom stereocenters. The maximum atomic E-state index is 14.0. The molecule has 40 heavy (non-hydrogen) atoms. The standard InChI is InChI=1S/C28H30F3N3O2S.CO2/c1-19-7-6-16-34(17-19)25-12-5-13-26(33-25)37(35,36)18-21-14-15-24(28(29,30)31)27(32-21)23-11-3-2-10-22(23)20-8-4-9-20;2-1-3/h2-3,5,10-15,19-20H,4,6-9,16-18H2,1H3;/t19-;/m0./s1. The third kappa shape index (κ3) is 6.77. The number of hydrogen-bond acceptors (Lipinski definition) is 7. The van der Waals surface area contributed by atoms with Crippen molar-refractivity contribution < 1.29 is 31.2 Å². The molecule has 0 bridgehead atoms. The molecule has 5 rings (SSSR count). The molecule has 1 atom stereocenters. The van der Waals surface area contributed by atoms with E-state index in [1.54, 1.807) is 24.3 Å². The lowest BCUT2D eigenvalue weighted by molar-refractivity contribution is -0.191. The second kappa shape index (κ2) is 12.3. The van der Waals surface area contributed by atoms with Crippen molar-refractivity contribution in [1.82, 2.24) is 9.97 Å². The van der Waals surface area contributed by atoms with Crippen LogP contribution in [-0.4, -0.2) is 37.6 Å². The number of benzene rings is 1. The van der Waals surface area contributed by atoms with Gasteiger partial charge in [-0.25, -0.2) is 13.4 Å². The second-order valence-electron chi connectivity index (χ2n) is 10.3. The van der Waals surface area contributed by atoms with Crippen molar-refractivity contribution in [2.24, 2.45) is 5.92 Å². The number of piperidine rings is 1. The van der Waals surface area contributed by atoms with Crippen molar-refractivity contribution in [2.75, 3.05) is 18.0 Å². The molecule has 1 saturated carbocycles. The summed E-state index contributed by atoms with van der Waals surface area (Å²) in [6.07, 6.45) is 0.655. The molecule has 1 aliphatic heterocycles. The number of anilines is 1. The van der Waals surface area contributed by atoms with Gasteiger partial charge >= 0.3 is 12.3 Å². The highest BCUT2D eigenvalue weighted by molar-refractivity contribution is 7.90. The van der Waals surface area contributed by atoms with Gasteiger partial charge in [-0.2, -0.15) is 22.8 Å². The van der Waals surface area contributed by atoms with Crippen LogP contribution in [0.2, 0.25) is 0 Å². The summed E-state index contributed by atoms with van der Waals surface area (Å²) in [5.74, 6) is 0.753. The molecule has 2 fully saturated rings. The molecule has 1 aromatic carbocycles. The van der Waals surface area contributed by atoms with Crippen molar-refractivity contribution in [3.05, 3.63) is 71.4 Å². The molecule has 212 valence electrons. The van der Waals surface area contributed by atoms with Gasteiger partial charge in [-0.05, 0) is 67.3 Å². The topological polar surface area (TPSA) is 97.3 Å². The molecular formula is C29H30F3N3O4S. The maximum Gasteiger partial charge on any atom is 0.418 e. The van der Waals surface area contributed by atoms with E-state index in [-0.39, 0.29) is 28.5 Å². The molecule has 2 aromatic heterocycles. The minimum atomic E-state index is -4.62. The molecule has 1 aliphatic carbocycles. The van der Waals surface area contributed by atoms with E-state index in [1.165, 1.54) is 6.07 Å². The third-order valence-corrected chi connectivity index (χ3v) is 8.91. The van der Waals surface area contributed by atoms with Crippen molar-refractivity contribution >= 4 is 21.8 Å². The van der Waals surface area contributed by atoms with Crippen LogP contribution in [0.15, 0.2) is 59.6 Å². The van der Waals surface area contributed by atoms with E-state index < -0.39 is 27.3 Å². The van der Waals surface area contributed by atoms with Crippen LogP contribution in [0.25, 0.3) is 11.3 Å². The fraction of sp³-hybridized carbons (Fsp3) is 0.414. The zero-order valence-corrected chi connectivity index (χ0v) is 22.8. The van der Waals surface area contributed by atoms with Gasteiger partial charge in [-0.1, -0.05) is 43.7 Å². The molecule has 0 N–H and O–H groups in total. The Morgan fingerprint density at radius 3 is 2.33 bits per heavy atom. The van der Waals surface area contributed by atoms with Crippen molar-refractivity contribution in [2.45, 2.75) is 61.9 Å². The summed E-state index contributed by atoms with van der Waals surface area (Å²) in [4.78, 5) is 27.1. The lowest BCUT2D eigenvalue weighted by atomic mass is 9.77. The highest BCUT2D eigenvalue weighted by atomic mass is 32.2. The maximum absolute atomic E-state index is 14.0. The van der Waals surface area contributed by atoms with E-state index in [1.807, 2.05) is 12.1 Å². The Morgan fingerprint density at radius 2 is 1.68 bits per heavy atom. The first-order chi connectivity index (χ1) is 19.0. The number of carbonyl (C=O) groups excluding carboxylic acids is 2. The van der Waals surface area contributed by atoms with E-state index in [9.17, 15) is 21.6 Å². The fourth-order valence-corrected chi connectivity index (χ4v) is 6.44. The molecular weight excluding hydrogens is 543 g/mol. The van der Waals surface area contributed by atoms with Crippen LogP contribution in [0.5, 0.6) is 0 Å². The molecule has 3 heterocycles. The van der Waals surface area contributed by atoms with Crippen LogP contribution in [-0.2, 0) is 31.4 Å². The largest absolute Gasteiger partial charge is 0.418 e. The number of nitrogens with zero attached hydrogens (tertiary/aromatic N) is 3. The van der Waals surface area contributed by atoms with Crippen LogP contribution < -0.4 is 4.90 Å². The minimum Gasteiger partial charge on any atom is -0.356 e. The molecule has 0 amide bonds. The average molecular weight is 574 g/mol. The lowest BCUT2D eigenvalue weighted by Gasteiger charge is -2.32. The number of rotatable bonds is 6. The summed E-state index contributed by atoms with van der Waals surface area (Å²) in [5.41, 5.74) is 0.228. The molecule has 7 nitrogen and oxygen atoms in total. The highest BCUT2D eigenvalue weighted by Gasteiger charge is 2.36. The summed E-state index contributed by atoms with van der Waals surface area (Å²) in [7, 11) is -3.94. The Kier molecular flexibility index (Phi) is 9.05. The zero-order valence-electron chi connectivity index (χ0n) is 22.0. The molecule has 3 aromatic rings. The fourth-order valence-electron chi connectivity index (χ4n) is 5.22. The van der Waals surface area contributed by atoms with E-state index in [0.717, 1.165) is 62.9 Å². The van der Waals surface area contributed by atoms with Crippen LogP contribution >= 0.6 is 0 Å². The monoisotopic (exact) mass is 573 g/mol. The first-order valence-electron chi connectivity index (χ1n) is 13.1. The molecule has 0 radical (unpaired) electrons. The van der Waals surface area contributed by atoms with Gasteiger partial charge in [-0.15, -0.1) is 0 Å². The Morgan fingerprint density at radius 1 is 0.950 bits per heavy atom. The molecule has 0 spiro atoms. The van der Waals surface area contributed by atoms with Crippen LogP contribution in [0, 0.1) is 5.92 Å². The number of sulfone groups is 1. The quantitative estimate of drug-likeness (QED) is 0.354. The zero-order chi connectivity index (χ0) is 28.9. The SMILES string of the molecule is C[C@H]1CCCN(c2cccc(S(=O)(=O)Cc3ccc(C(F)(F)F)c(-c4ccccc4C4CCC4)n3)n2)C1.O=C=O. The van der Waals surface area contributed by atoms with E-state index in [2.05, 4.69) is 21.8 Å². The highest BCUT2D eigenvalue weighted by Crippen LogP contribution is 2.44. The number of halogens is 3. The average Bonchev–Trinajstić information content (AvgIpc) is 2.88. The first-order valence-corrected chi connectivity index (χ1v) is 14.8. The van der Waals surface area contributed by atoms with Crippen LogP contribution in [0.1, 0.15) is 61.8 Å². The van der Waals surface area contributed by atoms with Gasteiger partial charge < -0.3 is 4.90 Å². The summed E-state index contributed by atoms with van der Waals surface area (Å²) < 4.78 is 68.6. The second-order valence-corrected chi connectivity index (χ2v) is 12.2. The lowest BCUT2D eigenvalue weighted by Crippen LogP contribution is -2.35. The van der Waals surface area contributed by atoms with Crippen LogP contribution in [0.3, 0.4) is 0 Å². The Balaban J connectivity index is 0.00000118. The van der Waals surface area contributed by atoms with Gasteiger partial charge in [0.25, 0.3) is 0 Å². The number of aromatic nitrogens is 2. The molecule has 1 saturated heterocycles. The molecule has 11 heteroatoms. The summed E-state index contributed by atoms with van der Waals surface area (Å²) in [5, 5.41) is -0.0960. The van der Waals surface area contributed by atoms with Gasteiger partial charge in [0.2, 0.25) is 9.84 Å². The van der Waals surface area contributed by atoms with Crippen molar-refractivity contribution in [1.29, 1.82) is 0 Å². The normalized spacial score (nSPS) is 17.8.